The Morgan fingerprint density at radius 3 is 2.76 bits per heavy atom. The van der Waals surface area contributed by atoms with Crippen LogP contribution >= 0.6 is 0 Å². The summed E-state index contributed by atoms with van der Waals surface area (Å²) in [4.78, 5) is 31.0. The van der Waals surface area contributed by atoms with Crippen LogP contribution in [0.5, 0.6) is 0 Å². The molecule has 0 aliphatic carbocycles. The van der Waals surface area contributed by atoms with Gasteiger partial charge in [0, 0.05) is 49.9 Å². The fourth-order valence-electron chi connectivity index (χ4n) is 4.29. The molecule has 0 bridgehead atoms. The van der Waals surface area contributed by atoms with E-state index < -0.39 is 0 Å². The monoisotopic (exact) mass is 448 g/mol. The predicted octanol–water partition coefficient (Wildman–Crippen LogP) is 3.50. The van der Waals surface area contributed by atoms with E-state index in [1.807, 2.05) is 54.3 Å². The second kappa shape index (κ2) is 10.8. The average Bonchev–Trinajstić information content (AvgIpc) is 3.36. The van der Waals surface area contributed by atoms with Gasteiger partial charge in [0.05, 0.1) is 6.54 Å². The minimum absolute atomic E-state index is 0.0373. The van der Waals surface area contributed by atoms with E-state index in [4.69, 9.17) is 4.99 Å². The van der Waals surface area contributed by atoms with Crippen molar-refractivity contribution in [2.45, 2.75) is 38.6 Å². The molecule has 4 rings (SSSR count). The predicted molar refractivity (Wildman–Crippen MR) is 132 cm³/mol. The van der Waals surface area contributed by atoms with Crippen molar-refractivity contribution in [1.29, 1.82) is 0 Å². The Bertz CT molecular complexity index is 1020. The molecule has 2 heterocycles. The zero-order chi connectivity index (χ0) is 23.0. The maximum Gasteiger partial charge on any atom is 0.321 e. The van der Waals surface area contributed by atoms with E-state index in [9.17, 15) is 9.59 Å². The lowest BCUT2D eigenvalue weighted by molar-refractivity contribution is -0.116. The molecule has 1 atom stereocenters. The van der Waals surface area contributed by atoms with Crippen molar-refractivity contribution in [3.8, 4) is 0 Å². The van der Waals surface area contributed by atoms with Crippen LogP contribution in [0.4, 0.5) is 16.2 Å². The van der Waals surface area contributed by atoms with Gasteiger partial charge in [-0.15, -0.1) is 0 Å². The first kappa shape index (κ1) is 22.6. The highest BCUT2D eigenvalue weighted by molar-refractivity contribution is 5.95. The van der Waals surface area contributed by atoms with E-state index in [0.29, 0.717) is 25.5 Å². The Morgan fingerprint density at radius 1 is 1.12 bits per heavy atom. The van der Waals surface area contributed by atoms with Crippen LogP contribution in [-0.4, -0.2) is 49.0 Å². The molecule has 1 saturated heterocycles. The molecule has 0 spiro atoms. The van der Waals surface area contributed by atoms with Gasteiger partial charge >= 0.3 is 6.03 Å². The summed E-state index contributed by atoms with van der Waals surface area (Å²) >= 11 is 0. The number of likely N-dealkylation sites (tertiary alicyclic amines) is 1. The lowest BCUT2D eigenvalue weighted by atomic mass is 9.90. The molecule has 0 aromatic heterocycles. The van der Waals surface area contributed by atoms with E-state index in [0.717, 1.165) is 55.0 Å². The summed E-state index contributed by atoms with van der Waals surface area (Å²) in [6.07, 6.45) is 2.58. The molecule has 2 aliphatic rings. The van der Waals surface area contributed by atoms with Crippen LogP contribution < -0.4 is 21.3 Å². The van der Waals surface area contributed by atoms with Crippen LogP contribution in [0.25, 0.3) is 0 Å². The van der Waals surface area contributed by atoms with Gasteiger partial charge in [-0.2, -0.15) is 0 Å². The third-order valence-electron chi connectivity index (χ3n) is 5.96. The highest BCUT2D eigenvalue weighted by Crippen LogP contribution is 2.31. The van der Waals surface area contributed by atoms with Crippen LogP contribution in [0.3, 0.4) is 0 Å². The molecule has 8 nitrogen and oxygen atoms in total. The van der Waals surface area contributed by atoms with Gasteiger partial charge in [-0.25, -0.2) is 9.79 Å². The van der Waals surface area contributed by atoms with Crippen molar-refractivity contribution in [2.75, 3.05) is 36.8 Å². The van der Waals surface area contributed by atoms with Crippen molar-refractivity contribution in [2.24, 2.45) is 4.99 Å². The number of para-hydroxylation sites is 1. The van der Waals surface area contributed by atoms with Crippen molar-refractivity contribution in [3.05, 3.63) is 59.7 Å². The average molecular weight is 449 g/mol. The van der Waals surface area contributed by atoms with Crippen molar-refractivity contribution in [3.63, 3.8) is 0 Å². The van der Waals surface area contributed by atoms with Crippen LogP contribution in [-0.2, 0) is 11.3 Å². The fourth-order valence-corrected chi connectivity index (χ4v) is 4.29. The molecule has 3 amide bonds. The van der Waals surface area contributed by atoms with Crippen LogP contribution in [0.1, 0.15) is 43.2 Å². The SMILES string of the molecule is CCNC(=NCc1cccc(NC(=O)N2CCCC2)c1)NCC1CC(=O)Nc2ccccc21. The molecule has 2 aliphatic heterocycles. The summed E-state index contributed by atoms with van der Waals surface area (Å²) in [5, 5.41) is 12.6. The minimum atomic E-state index is -0.0417. The zero-order valence-corrected chi connectivity index (χ0v) is 19.1. The molecular weight excluding hydrogens is 416 g/mol. The number of guanidine groups is 1. The molecule has 174 valence electrons. The molecule has 2 aromatic rings. The number of nitrogens with one attached hydrogen (secondary N) is 4. The van der Waals surface area contributed by atoms with E-state index in [-0.39, 0.29) is 17.9 Å². The van der Waals surface area contributed by atoms with Gasteiger partial charge in [0.2, 0.25) is 5.91 Å². The summed E-state index contributed by atoms with van der Waals surface area (Å²) in [6, 6.07) is 15.7. The quantitative estimate of drug-likeness (QED) is 0.402. The molecule has 33 heavy (non-hydrogen) atoms. The molecule has 4 N–H and O–H groups in total. The molecule has 1 fully saturated rings. The number of hydrogen-bond donors (Lipinski definition) is 4. The van der Waals surface area contributed by atoms with E-state index in [1.54, 1.807) is 0 Å². The maximum absolute atomic E-state index is 12.4. The topological polar surface area (TPSA) is 97.9 Å². The number of benzene rings is 2. The molecule has 2 aromatic carbocycles. The summed E-state index contributed by atoms with van der Waals surface area (Å²) in [7, 11) is 0. The zero-order valence-electron chi connectivity index (χ0n) is 19.1. The van der Waals surface area contributed by atoms with Crippen molar-refractivity contribution < 1.29 is 9.59 Å². The second-order valence-electron chi connectivity index (χ2n) is 8.44. The Morgan fingerprint density at radius 2 is 1.94 bits per heavy atom. The smallest absolute Gasteiger partial charge is 0.321 e. The minimum Gasteiger partial charge on any atom is -0.357 e. The number of aliphatic imine (C=N–C) groups is 1. The highest BCUT2D eigenvalue weighted by Gasteiger charge is 2.24. The third kappa shape index (κ3) is 6.03. The second-order valence-corrected chi connectivity index (χ2v) is 8.44. The lowest BCUT2D eigenvalue weighted by Crippen LogP contribution is -2.40. The first-order valence-corrected chi connectivity index (χ1v) is 11.7. The van der Waals surface area contributed by atoms with E-state index >= 15 is 0 Å². The Balaban J connectivity index is 1.37. The van der Waals surface area contributed by atoms with Gasteiger partial charge in [0.25, 0.3) is 0 Å². The Kier molecular flexibility index (Phi) is 7.44. The highest BCUT2D eigenvalue weighted by atomic mass is 16.2. The summed E-state index contributed by atoms with van der Waals surface area (Å²) < 4.78 is 0. The first-order chi connectivity index (χ1) is 16.1. The van der Waals surface area contributed by atoms with Crippen molar-refractivity contribution in [1.82, 2.24) is 15.5 Å². The molecule has 0 saturated carbocycles. The number of nitrogens with zero attached hydrogens (tertiary/aromatic N) is 2. The summed E-state index contributed by atoms with van der Waals surface area (Å²) in [6.45, 7) is 5.49. The Labute approximate surface area is 194 Å². The first-order valence-electron chi connectivity index (χ1n) is 11.7. The van der Waals surface area contributed by atoms with Gasteiger partial charge in [-0.1, -0.05) is 30.3 Å². The molecule has 0 radical (unpaired) electrons. The van der Waals surface area contributed by atoms with Crippen LogP contribution in [0, 0.1) is 0 Å². The number of anilines is 2. The number of rotatable bonds is 6. The summed E-state index contributed by atoms with van der Waals surface area (Å²) in [5.74, 6) is 0.825. The van der Waals surface area contributed by atoms with Crippen molar-refractivity contribution >= 4 is 29.3 Å². The lowest BCUT2D eigenvalue weighted by Gasteiger charge is -2.26. The van der Waals surface area contributed by atoms with Gasteiger partial charge in [-0.3, -0.25) is 4.79 Å². The maximum atomic E-state index is 12.4. The number of hydrogen-bond acceptors (Lipinski definition) is 3. The number of carbonyl (C=O) groups excluding carboxylic acids is 2. The summed E-state index contributed by atoms with van der Waals surface area (Å²) in [5.41, 5.74) is 3.81. The molecule has 8 heteroatoms. The van der Waals surface area contributed by atoms with Gasteiger partial charge < -0.3 is 26.2 Å². The molecule has 1 unspecified atom stereocenters. The fraction of sp³-hybridized carbons (Fsp3) is 0.400. The van der Waals surface area contributed by atoms with Crippen LogP contribution in [0.15, 0.2) is 53.5 Å². The largest absolute Gasteiger partial charge is 0.357 e. The molecular formula is C25H32N6O2. The standard InChI is InChI=1S/C25H32N6O2/c1-2-26-24(28-17-19-15-23(32)30-22-11-4-3-10-21(19)22)27-16-18-8-7-9-20(14-18)29-25(33)31-12-5-6-13-31/h3-4,7-11,14,19H,2,5-6,12-13,15-17H2,1H3,(H,29,33)(H,30,32)(H2,26,27,28). The van der Waals surface area contributed by atoms with E-state index in [1.165, 1.54) is 0 Å². The number of fused-ring (bicyclic) bond motifs is 1. The number of amides is 3. The third-order valence-corrected chi connectivity index (χ3v) is 5.96. The number of carbonyl (C=O) groups is 2. The van der Waals surface area contributed by atoms with Gasteiger partial charge in [-0.05, 0) is 49.1 Å². The van der Waals surface area contributed by atoms with E-state index in [2.05, 4.69) is 27.3 Å². The normalized spacial score (nSPS) is 17.8. The van der Waals surface area contributed by atoms with Crippen LogP contribution in [0.2, 0.25) is 0 Å². The van der Waals surface area contributed by atoms with Gasteiger partial charge in [0.1, 0.15) is 0 Å². The van der Waals surface area contributed by atoms with Gasteiger partial charge in [0.15, 0.2) is 5.96 Å². The Hall–Kier alpha value is -3.55. The number of urea groups is 1.